The van der Waals surface area contributed by atoms with Crippen molar-refractivity contribution in [2.24, 2.45) is 5.10 Å². The lowest BCUT2D eigenvalue weighted by Crippen LogP contribution is -2.46. The van der Waals surface area contributed by atoms with Crippen LogP contribution in [-0.4, -0.2) is 23.3 Å². The molecule has 5 nitrogen and oxygen atoms in total. The van der Waals surface area contributed by atoms with Crippen LogP contribution in [0.4, 0.5) is 13.6 Å². The van der Waals surface area contributed by atoms with Crippen LogP contribution in [0.5, 0.6) is 0 Å². The second-order valence-electron chi connectivity index (χ2n) is 7.30. The van der Waals surface area contributed by atoms with E-state index >= 15 is 0 Å². The van der Waals surface area contributed by atoms with Gasteiger partial charge in [-0.3, -0.25) is 5.43 Å². The smallest absolute Gasteiger partial charge is 0.407 e. The maximum atomic E-state index is 14.2. The van der Waals surface area contributed by atoms with E-state index in [2.05, 4.69) is 15.8 Å². The highest BCUT2D eigenvalue weighted by Gasteiger charge is 2.40. The average Bonchev–Trinajstić information content (AvgIpc) is 3.07. The van der Waals surface area contributed by atoms with Crippen molar-refractivity contribution in [2.75, 3.05) is 6.54 Å². The molecule has 148 valence electrons. The first kappa shape index (κ1) is 20.1. The quantitative estimate of drug-likeness (QED) is 0.794. The van der Waals surface area contributed by atoms with Crippen LogP contribution in [0.2, 0.25) is 0 Å². The zero-order valence-corrected chi connectivity index (χ0v) is 16.6. The van der Waals surface area contributed by atoms with E-state index in [0.717, 1.165) is 23.8 Å². The molecule has 0 saturated carbocycles. The molecule has 2 N–H and O–H groups in total. The Hall–Kier alpha value is -2.61. The van der Waals surface area contributed by atoms with Gasteiger partial charge in [0.15, 0.2) is 0 Å². The summed E-state index contributed by atoms with van der Waals surface area (Å²) in [5.74, 6) is -1.12. The van der Waals surface area contributed by atoms with Crippen molar-refractivity contribution >= 4 is 22.9 Å². The molecule has 1 heterocycles. The Morgan fingerprint density at radius 2 is 1.93 bits per heavy atom. The molecule has 2 aromatic rings. The molecule has 8 heteroatoms. The molecule has 1 unspecified atom stereocenters. The van der Waals surface area contributed by atoms with Crippen LogP contribution < -0.4 is 10.7 Å². The van der Waals surface area contributed by atoms with E-state index in [1.165, 1.54) is 11.8 Å². The maximum absolute atomic E-state index is 14.2. The van der Waals surface area contributed by atoms with E-state index in [-0.39, 0.29) is 12.1 Å². The van der Waals surface area contributed by atoms with Crippen LogP contribution in [0.1, 0.15) is 31.9 Å². The molecular weight excluding hydrogens is 384 g/mol. The summed E-state index contributed by atoms with van der Waals surface area (Å²) >= 11 is 1.21. The number of hydrogen-bond acceptors (Lipinski definition) is 5. The lowest BCUT2D eigenvalue weighted by atomic mass is 10.1. The zero-order chi connectivity index (χ0) is 20.4. The number of benzene rings is 2. The Labute approximate surface area is 166 Å². The standard InChI is InChI=1S/C20H21F2N3O2S/c1-19(2,3)27-18(26)23-12-20(13-7-5-4-6-8-13)25-24-17(28-20)15-11-14(21)9-10-16(15)22/h4-11,25H,12H2,1-3H3,(H,23,26). The topological polar surface area (TPSA) is 62.7 Å². The third kappa shape index (κ3) is 4.62. The minimum atomic E-state index is -0.883. The summed E-state index contributed by atoms with van der Waals surface area (Å²) in [6.45, 7) is 5.45. The number of amides is 1. The number of nitrogens with zero attached hydrogens (tertiary/aromatic N) is 1. The number of hydrazone groups is 1. The number of alkyl carbamates (subject to hydrolysis) is 1. The van der Waals surface area contributed by atoms with Crippen molar-refractivity contribution in [1.82, 2.24) is 10.7 Å². The van der Waals surface area contributed by atoms with Gasteiger partial charge in [0.1, 0.15) is 27.2 Å². The van der Waals surface area contributed by atoms with E-state index in [9.17, 15) is 13.6 Å². The molecule has 0 spiro atoms. The van der Waals surface area contributed by atoms with E-state index in [4.69, 9.17) is 4.74 Å². The van der Waals surface area contributed by atoms with E-state index in [1.807, 2.05) is 30.3 Å². The van der Waals surface area contributed by atoms with Gasteiger partial charge in [0.05, 0.1) is 6.54 Å². The Morgan fingerprint density at radius 1 is 1.21 bits per heavy atom. The summed E-state index contributed by atoms with van der Waals surface area (Å²) in [4.78, 5) is 11.2. The molecular formula is C20H21F2N3O2S. The van der Waals surface area contributed by atoms with E-state index in [1.54, 1.807) is 20.8 Å². The number of thioether (sulfide) groups is 1. The number of carbonyl (C=O) groups is 1. The van der Waals surface area contributed by atoms with Crippen molar-refractivity contribution in [2.45, 2.75) is 31.2 Å². The normalized spacial score (nSPS) is 19.0. The third-order valence-corrected chi connectivity index (χ3v) is 5.21. The molecule has 0 fully saturated rings. The highest BCUT2D eigenvalue weighted by atomic mass is 32.2. The van der Waals surface area contributed by atoms with Crippen LogP contribution in [-0.2, 0) is 9.61 Å². The second kappa shape index (κ2) is 7.79. The monoisotopic (exact) mass is 405 g/mol. The zero-order valence-electron chi connectivity index (χ0n) is 15.8. The van der Waals surface area contributed by atoms with Crippen LogP contribution in [0.25, 0.3) is 0 Å². The number of hydrogen-bond donors (Lipinski definition) is 2. The lowest BCUT2D eigenvalue weighted by molar-refractivity contribution is 0.0520. The van der Waals surface area contributed by atoms with Crippen LogP contribution in [0, 0.1) is 11.6 Å². The molecule has 3 rings (SSSR count). The molecule has 1 atom stereocenters. The minimum Gasteiger partial charge on any atom is -0.444 e. The Balaban J connectivity index is 1.84. The number of halogens is 2. The van der Waals surface area contributed by atoms with Gasteiger partial charge >= 0.3 is 6.09 Å². The van der Waals surface area contributed by atoms with Gasteiger partial charge in [0.25, 0.3) is 0 Å². The van der Waals surface area contributed by atoms with Gasteiger partial charge in [-0.15, -0.1) is 0 Å². The summed E-state index contributed by atoms with van der Waals surface area (Å²) in [7, 11) is 0. The van der Waals surface area contributed by atoms with Crippen molar-refractivity contribution in [3.05, 3.63) is 71.3 Å². The summed E-state index contributed by atoms with van der Waals surface area (Å²) < 4.78 is 33.1. The fourth-order valence-corrected chi connectivity index (χ4v) is 3.82. The van der Waals surface area contributed by atoms with Gasteiger partial charge in [0, 0.05) is 5.56 Å². The fraction of sp³-hybridized carbons (Fsp3) is 0.300. The maximum Gasteiger partial charge on any atom is 0.407 e. The van der Waals surface area contributed by atoms with Gasteiger partial charge in [-0.25, -0.2) is 13.6 Å². The molecule has 1 amide bonds. The largest absolute Gasteiger partial charge is 0.444 e. The molecule has 0 saturated heterocycles. The Morgan fingerprint density at radius 3 is 2.61 bits per heavy atom. The van der Waals surface area contributed by atoms with E-state index in [0.29, 0.717) is 5.04 Å². The number of nitrogens with one attached hydrogen (secondary N) is 2. The predicted octanol–water partition coefficient (Wildman–Crippen LogP) is 4.34. The second-order valence-corrected chi connectivity index (χ2v) is 8.59. The lowest BCUT2D eigenvalue weighted by Gasteiger charge is -2.29. The highest BCUT2D eigenvalue weighted by molar-refractivity contribution is 8.15. The first-order chi connectivity index (χ1) is 13.2. The van der Waals surface area contributed by atoms with E-state index < -0.39 is 28.2 Å². The minimum absolute atomic E-state index is 0.0626. The van der Waals surface area contributed by atoms with Crippen molar-refractivity contribution in [1.29, 1.82) is 0 Å². The molecule has 28 heavy (non-hydrogen) atoms. The molecule has 2 aromatic carbocycles. The SMILES string of the molecule is CC(C)(C)OC(=O)NCC1(c2ccccc2)NN=C(c2cc(F)ccc2F)S1. The van der Waals surface area contributed by atoms with Gasteiger partial charge in [-0.2, -0.15) is 5.10 Å². The number of ether oxygens (including phenoxy) is 1. The molecule has 1 aliphatic heterocycles. The molecule has 0 aromatic heterocycles. The molecule has 1 aliphatic rings. The van der Waals surface area contributed by atoms with Crippen molar-refractivity contribution in [3.8, 4) is 0 Å². The Bertz CT molecular complexity index is 900. The summed E-state index contributed by atoms with van der Waals surface area (Å²) in [6.07, 6.45) is -0.574. The highest BCUT2D eigenvalue weighted by Crippen LogP contribution is 2.40. The predicted molar refractivity (Wildman–Crippen MR) is 106 cm³/mol. The van der Waals surface area contributed by atoms with Gasteiger partial charge in [-0.1, -0.05) is 42.1 Å². The summed E-state index contributed by atoms with van der Waals surface area (Å²) in [5, 5.41) is 7.25. The van der Waals surface area contributed by atoms with Gasteiger partial charge in [-0.05, 0) is 44.5 Å². The van der Waals surface area contributed by atoms with Crippen LogP contribution >= 0.6 is 11.8 Å². The van der Waals surface area contributed by atoms with Crippen molar-refractivity contribution < 1.29 is 18.3 Å². The molecule has 0 aliphatic carbocycles. The number of rotatable bonds is 4. The molecule has 0 bridgehead atoms. The van der Waals surface area contributed by atoms with Crippen molar-refractivity contribution in [3.63, 3.8) is 0 Å². The van der Waals surface area contributed by atoms with Gasteiger partial charge < -0.3 is 10.1 Å². The first-order valence-electron chi connectivity index (χ1n) is 8.70. The summed E-state index contributed by atoms with van der Waals surface area (Å²) in [5.41, 5.74) is 3.25. The summed E-state index contributed by atoms with van der Waals surface area (Å²) in [6, 6.07) is 12.5. The van der Waals surface area contributed by atoms with Gasteiger partial charge in [0.2, 0.25) is 0 Å². The average molecular weight is 405 g/mol. The number of carbonyl (C=O) groups excluding carboxylic acids is 1. The van der Waals surface area contributed by atoms with Crippen LogP contribution in [0.3, 0.4) is 0 Å². The third-order valence-electron chi connectivity index (χ3n) is 3.89. The first-order valence-corrected chi connectivity index (χ1v) is 9.52. The molecule has 0 radical (unpaired) electrons. The Kier molecular flexibility index (Phi) is 5.60. The fourth-order valence-electron chi connectivity index (χ4n) is 2.65. The van der Waals surface area contributed by atoms with Crippen LogP contribution in [0.15, 0.2) is 53.6 Å².